The van der Waals surface area contributed by atoms with E-state index in [4.69, 9.17) is 5.73 Å². The number of pyridine rings is 1. The number of carbonyl (C=O) groups is 1. The van der Waals surface area contributed by atoms with E-state index in [1.165, 1.54) is 10.6 Å². The van der Waals surface area contributed by atoms with Crippen LogP contribution in [0.1, 0.15) is 18.5 Å². The maximum absolute atomic E-state index is 12.2. The Labute approximate surface area is 117 Å². The number of anilines is 2. The monoisotopic (exact) mass is 271 g/mol. The van der Waals surface area contributed by atoms with Crippen LogP contribution in [0.15, 0.2) is 47.4 Å². The fourth-order valence-corrected chi connectivity index (χ4v) is 1.88. The second-order valence-corrected chi connectivity index (χ2v) is 4.70. The van der Waals surface area contributed by atoms with Crippen molar-refractivity contribution in [2.24, 2.45) is 0 Å². The molecule has 1 aromatic heterocycles. The zero-order valence-electron chi connectivity index (χ0n) is 11.5. The highest BCUT2D eigenvalue weighted by molar-refractivity contribution is 5.96. The number of aromatic nitrogens is 1. The number of amides is 1. The summed E-state index contributed by atoms with van der Waals surface area (Å²) in [5.41, 5.74) is 7.48. The number of carbonyl (C=O) groups excluding carboxylic acids is 1. The van der Waals surface area contributed by atoms with Gasteiger partial charge in [-0.15, -0.1) is 0 Å². The topological polar surface area (TPSA) is 77.1 Å². The van der Waals surface area contributed by atoms with Crippen LogP contribution in [0.2, 0.25) is 0 Å². The lowest BCUT2D eigenvalue weighted by atomic mass is 10.2. The highest BCUT2D eigenvalue weighted by atomic mass is 16.2. The van der Waals surface area contributed by atoms with Gasteiger partial charge in [0.25, 0.3) is 5.56 Å². The number of rotatable bonds is 3. The van der Waals surface area contributed by atoms with E-state index in [0.29, 0.717) is 11.4 Å². The van der Waals surface area contributed by atoms with Crippen LogP contribution in [0.25, 0.3) is 0 Å². The van der Waals surface area contributed by atoms with Crippen LogP contribution in [-0.4, -0.2) is 10.5 Å². The predicted molar refractivity (Wildman–Crippen MR) is 79.6 cm³/mol. The van der Waals surface area contributed by atoms with Gasteiger partial charge in [-0.1, -0.05) is 12.1 Å². The third-order valence-corrected chi connectivity index (χ3v) is 3.12. The Hall–Kier alpha value is -2.56. The van der Waals surface area contributed by atoms with Crippen LogP contribution in [0.5, 0.6) is 0 Å². The molecule has 104 valence electrons. The van der Waals surface area contributed by atoms with Gasteiger partial charge in [-0.3, -0.25) is 9.59 Å². The fraction of sp³-hybridized carbons (Fsp3) is 0.200. The van der Waals surface area contributed by atoms with E-state index in [1.54, 1.807) is 43.5 Å². The smallest absolute Gasteiger partial charge is 0.251 e. The first-order valence-electron chi connectivity index (χ1n) is 6.33. The summed E-state index contributed by atoms with van der Waals surface area (Å²) < 4.78 is 1.39. The Kier molecular flexibility index (Phi) is 3.89. The van der Waals surface area contributed by atoms with E-state index in [0.717, 1.165) is 5.56 Å². The third-order valence-electron chi connectivity index (χ3n) is 3.12. The molecule has 5 heteroatoms. The highest BCUT2D eigenvalue weighted by Gasteiger charge is 2.16. The third kappa shape index (κ3) is 2.88. The Balaban J connectivity index is 2.21. The average molecular weight is 271 g/mol. The lowest BCUT2D eigenvalue weighted by Gasteiger charge is -2.16. The molecule has 0 aliphatic carbocycles. The van der Waals surface area contributed by atoms with Crippen molar-refractivity contribution < 1.29 is 4.79 Å². The summed E-state index contributed by atoms with van der Waals surface area (Å²) >= 11 is 0. The zero-order chi connectivity index (χ0) is 14.7. The lowest BCUT2D eigenvalue weighted by Crippen LogP contribution is -2.31. The van der Waals surface area contributed by atoms with Gasteiger partial charge in [0.2, 0.25) is 5.91 Å². The molecule has 5 nitrogen and oxygen atoms in total. The van der Waals surface area contributed by atoms with E-state index in [-0.39, 0.29) is 11.5 Å². The van der Waals surface area contributed by atoms with E-state index in [9.17, 15) is 9.59 Å². The highest BCUT2D eigenvalue weighted by Crippen LogP contribution is 2.18. The van der Waals surface area contributed by atoms with E-state index in [1.807, 2.05) is 6.92 Å². The molecule has 0 fully saturated rings. The van der Waals surface area contributed by atoms with Crippen molar-refractivity contribution >= 4 is 17.3 Å². The van der Waals surface area contributed by atoms with E-state index >= 15 is 0 Å². The van der Waals surface area contributed by atoms with Crippen molar-refractivity contribution in [2.75, 3.05) is 11.1 Å². The number of para-hydroxylation sites is 2. The Morgan fingerprint density at radius 2 is 2.00 bits per heavy atom. The molecule has 2 aromatic rings. The molecular formula is C15H17N3O2. The van der Waals surface area contributed by atoms with Gasteiger partial charge < -0.3 is 15.6 Å². The first-order valence-corrected chi connectivity index (χ1v) is 6.33. The number of nitrogen functional groups attached to an aromatic ring is 1. The van der Waals surface area contributed by atoms with Gasteiger partial charge in [0.1, 0.15) is 6.04 Å². The van der Waals surface area contributed by atoms with Crippen LogP contribution < -0.4 is 16.6 Å². The average Bonchev–Trinajstić information content (AvgIpc) is 2.40. The molecule has 0 aliphatic rings. The van der Waals surface area contributed by atoms with Gasteiger partial charge in [-0.05, 0) is 37.6 Å². The lowest BCUT2D eigenvalue weighted by molar-refractivity contribution is -0.118. The van der Waals surface area contributed by atoms with Gasteiger partial charge in [0.05, 0.1) is 11.4 Å². The standard InChI is InChI=1S/C15H17N3O2/c1-10-7-8-18(14(19)9-10)11(2)15(20)17-13-6-4-3-5-12(13)16/h3-9,11H,16H2,1-2H3,(H,17,20). The molecule has 0 spiro atoms. The van der Waals surface area contributed by atoms with Gasteiger partial charge in [0, 0.05) is 12.3 Å². The quantitative estimate of drug-likeness (QED) is 0.837. The SMILES string of the molecule is Cc1ccn(C(C)C(=O)Nc2ccccc2N)c(=O)c1. The number of hydrogen-bond donors (Lipinski definition) is 2. The molecule has 2 rings (SSSR count). The van der Waals surface area contributed by atoms with Gasteiger partial charge >= 0.3 is 0 Å². The largest absolute Gasteiger partial charge is 0.397 e. The normalized spacial score (nSPS) is 11.9. The zero-order valence-corrected chi connectivity index (χ0v) is 11.5. The molecule has 0 radical (unpaired) electrons. The summed E-state index contributed by atoms with van der Waals surface area (Å²) in [7, 11) is 0. The molecule has 3 N–H and O–H groups in total. The van der Waals surface area contributed by atoms with Crippen molar-refractivity contribution in [1.29, 1.82) is 0 Å². The predicted octanol–water partition coefficient (Wildman–Crippen LogP) is 1.94. The van der Waals surface area contributed by atoms with Crippen molar-refractivity contribution in [2.45, 2.75) is 19.9 Å². The molecule has 0 saturated carbocycles. The first-order chi connectivity index (χ1) is 9.49. The first kappa shape index (κ1) is 13.9. The number of nitrogens with one attached hydrogen (secondary N) is 1. The van der Waals surface area contributed by atoms with Crippen LogP contribution in [-0.2, 0) is 4.79 Å². The maximum Gasteiger partial charge on any atom is 0.251 e. The Morgan fingerprint density at radius 1 is 1.30 bits per heavy atom. The minimum absolute atomic E-state index is 0.200. The molecule has 0 bridgehead atoms. The molecule has 0 saturated heterocycles. The van der Waals surface area contributed by atoms with Gasteiger partial charge in [-0.2, -0.15) is 0 Å². The molecule has 1 atom stereocenters. The van der Waals surface area contributed by atoms with Crippen LogP contribution >= 0.6 is 0 Å². The van der Waals surface area contributed by atoms with Crippen molar-refractivity contribution in [3.63, 3.8) is 0 Å². The van der Waals surface area contributed by atoms with E-state index < -0.39 is 6.04 Å². The van der Waals surface area contributed by atoms with Crippen molar-refractivity contribution in [1.82, 2.24) is 4.57 Å². The molecule has 1 heterocycles. The number of benzene rings is 1. The van der Waals surface area contributed by atoms with E-state index in [2.05, 4.69) is 5.32 Å². The van der Waals surface area contributed by atoms with Crippen LogP contribution in [0, 0.1) is 6.92 Å². The molecule has 20 heavy (non-hydrogen) atoms. The van der Waals surface area contributed by atoms with Crippen molar-refractivity contribution in [3.05, 3.63) is 58.5 Å². The number of aryl methyl sites for hydroxylation is 1. The van der Waals surface area contributed by atoms with Crippen molar-refractivity contribution in [3.8, 4) is 0 Å². The number of nitrogens with zero attached hydrogens (tertiary/aromatic N) is 1. The summed E-state index contributed by atoms with van der Waals surface area (Å²) in [5, 5.41) is 2.73. The minimum Gasteiger partial charge on any atom is -0.397 e. The van der Waals surface area contributed by atoms with Crippen LogP contribution in [0.4, 0.5) is 11.4 Å². The maximum atomic E-state index is 12.2. The summed E-state index contributed by atoms with van der Waals surface area (Å²) in [6.07, 6.45) is 1.62. The number of nitrogens with two attached hydrogens (primary N) is 1. The summed E-state index contributed by atoms with van der Waals surface area (Å²) in [6, 6.07) is 9.69. The summed E-state index contributed by atoms with van der Waals surface area (Å²) in [6.45, 7) is 3.51. The number of hydrogen-bond acceptors (Lipinski definition) is 3. The Morgan fingerprint density at radius 3 is 2.65 bits per heavy atom. The fourth-order valence-electron chi connectivity index (χ4n) is 1.88. The van der Waals surface area contributed by atoms with Crippen LogP contribution in [0.3, 0.4) is 0 Å². The summed E-state index contributed by atoms with van der Waals surface area (Å²) in [4.78, 5) is 24.0. The molecule has 1 unspecified atom stereocenters. The second kappa shape index (κ2) is 5.61. The summed E-state index contributed by atoms with van der Waals surface area (Å²) in [5.74, 6) is -0.283. The van der Waals surface area contributed by atoms with Gasteiger partial charge in [0.15, 0.2) is 0 Å². The molecule has 0 aliphatic heterocycles. The van der Waals surface area contributed by atoms with Gasteiger partial charge in [-0.25, -0.2) is 0 Å². The minimum atomic E-state index is -0.609. The Bertz CT molecular complexity index is 692. The molecule has 1 aromatic carbocycles. The molecule has 1 amide bonds. The molecular weight excluding hydrogens is 254 g/mol. The second-order valence-electron chi connectivity index (χ2n) is 4.70.